The molecular formula is C10H15ClN4. The third-order valence-corrected chi connectivity index (χ3v) is 2.76. The summed E-state index contributed by atoms with van der Waals surface area (Å²) in [5.74, 6) is 0.811. The Morgan fingerprint density at radius 2 is 2.20 bits per heavy atom. The lowest BCUT2D eigenvalue weighted by atomic mass is 10.1. The van der Waals surface area contributed by atoms with Crippen LogP contribution in [0.15, 0.2) is 12.1 Å². The van der Waals surface area contributed by atoms with Crippen molar-refractivity contribution in [2.24, 2.45) is 0 Å². The number of nitrogens with one attached hydrogen (secondary N) is 2. The van der Waals surface area contributed by atoms with E-state index in [1.54, 1.807) is 6.07 Å². The van der Waals surface area contributed by atoms with E-state index in [4.69, 9.17) is 11.6 Å². The van der Waals surface area contributed by atoms with E-state index in [1.165, 1.54) is 12.8 Å². The van der Waals surface area contributed by atoms with Crippen LogP contribution in [0.2, 0.25) is 5.15 Å². The van der Waals surface area contributed by atoms with Gasteiger partial charge in [-0.15, -0.1) is 10.2 Å². The highest BCUT2D eigenvalue weighted by molar-refractivity contribution is 6.29. The average molecular weight is 227 g/mol. The van der Waals surface area contributed by atoms with Crippen LogP contribution in [-0.4, -0.2) is 29.3 Å². The van der Waals surface area contributed by atoms with Gasteiger partial charge < -0.3 is 10.6 Å². The SMILES string of the molecule is Clc1ccc(NC2CCCNCC2)nn1. The zero-order valence-electron chi connectivity index (χ0n) is 8.54. The van der Waals surface area contributed by atoms with Crippen molar-refractivity contribution < 1.29 is 0 Å². The van der Waals surface area contributed by atoms with Crippen LogP contribution in [0.5, 0.6) is 0 Å². The van der Waals surface area contributed by atoms with Crippen LogP contribution in [0, 0.1) is 0 Å². The van der Waals surface area contributed by atoms with Crippen molar-refractivity contribution in [1.82, 2.24) is 15.5 Å². The fraction of sp³-hybridized carbons (Fsp3) is 0.600. The first-order valence-electron chi connectivity index (χ1n) is 5.31. The average Bonchev–Trinajstić information content (AvgIpc) is 2.50. The molecule has 0 aliphatic carbocycles. The summed E-state index contributed by atoms with van der Waals surface area (Å²) in [6.45, 7) is 2.18. The molecule has 1 saturated heterocycles. The van der Waals surface area contributed by atoms with Crippen LogP contribution < -0.4 is 10.6 Å². The topological polar surface area (TPSA) is 49.8 Å². The number of aromatic nitrogens is 2. The van der Waals surface area contributed by atoms with Gasteiger partial charge in [-0.3, -0.25) is 0 Å². The predicted octanol–water partition coefficient (Wildman–Crippen LogP) is 1.68. The van der Waals surface area contributed by atoms with Gasteiger partial charge in [0.1, 0.15) is 5.82 Å². The molecule has 5 heteroatoms. The molecule has 0 aromatic carbocycles. The first-order chi connectivity index (χ1) is 7.34. The number of rotatable bonds is 2. The summed E-state index contributed by atoms with van der Waals surface area (Å²) in [5, 5.41) is 15.0. The summed E-state index contributed by atoms with van der Waals surface area (Å²) in [7, 11) is 0. The molecule has 15 heavy (non-hydrogen) atoms. The molecule has 0 saturated carbocycles. The molecule has 82 valence electrons. The number of halogens is 1. The van der Waals surface area contributed by atoms with E-state index in [9.17, 15) is 0 Å². The fourth-order valence-corrected chi connectivity index (χ4v) is 1.87. The van der Waals surface area contributed by atoms with Crippen molar-refractivity contribution >= 4 is 17.4 Å². The molecule has 1 fully saturated rings. The minimum atomic E-state index is 0.433. The van der Waals surface area contributed by atoms with Crippen molar-refractivity contribution in [3.63, 3.8) is 0 Å². The molecule has 2 rings (SSSR count). The summed E-state index contributed by atoms with van der Waals surface area (Å²) in [4.78, 5) is 0. The number of nitrogens with zero attached hydrogens (tertiary/aromatic N) is 2. The van der Waals surface area contributed by atoms with E-state index in [1.807, 2.05) is 6.07 Å². The highest BCUT2D eigenvalue weighted by Crippen LogP contribution is 2.12. The molecule has 1 aliphatic rings. The van der Waals surface area contributed by atoms with Crippen LogP contribution in [-0.2, 0) is 0 Å². The second-order valence-corrected chi connectivity index (χ2v) is 4.15. The van der Waals surface area contributed by atoms with Gasteiger partial charge in [-0.25, -0.2) is 0 Å². The highest BCUT2D eigenvalue weighted by atomic mass is 35.5. The molecule has 1 aromatic heterocycles. The molecule has 1 aromatic rings. The van der Waals surface area contributed by atoms with Crippen LogP contribution in [0.1, 0.15) is 19.3 Å². The van der Waals surface area contributed by atoms with Crippen molar-refractivity contribution in [3.05, 3.63) is 17.3 Å². The number of anilines is 1. The first-order valence-corrected chi connectivity index (χ1v) is 5.69. The molecule has 1 unspecified atom stereocenters. The maximum Gasteiger partial charge on any atom is 0.151 e. The third-order valence-electron chi connectivity index (χ3n) is 2.56. The van der Waals surface area contributed by atoms with Gasteiger partial charge in [0, 0.05) is 6.04 Å². The van der Waals surface area contributed by atoms with E-state index >= 15 is 0 Å². The third kappa shape index (κ3) is 3.32. The standard InChI is InChI=1S/C10H15ClN4/c11-9-3-4-10(15-14-9)13-8-2-1-6-12-7-5-8/h3-4,8,12H,1-2,5-7H2,(H,13,15). The van der Waals surface area contributed by atoms with Gasteiger partial charge in [0.25, 0.3) is 0 Å². The summed E-state index contributed by atoms with van der Waals surface area (Å²) >= 11 is 5.67. The molecule has 1 atom stereocenters. The summed E-state index contributed by atoms with van der Waals surface area (Å²) in [6, 6.07) is 4.12. The Bertz CT molecular complexity index is 293. The molecule has 4 nitrogen and oxygen atoms in total. The molecule has 0 radical (unpaired) electrons. The van der Waals surface area contributed by atoms with Gasteiger partial charge in [-0.1, -0.05) is 11.6 Å². The Morgan fingerprint density at radius 3 is 3.00 bits per heavy atom. The molecule has 2 heterocycles. The monoisotopic (exact) mass is 226 g/mol. The lowest BCUT2D eigenvalue weighted by Crippen LogP contribution is -2.22. The van der Waals surface area contributed by atoms with Crippen molar-refractivity contribution in [1.29, 1.82) is 0 Å². The Morgan fingerprint density at radius 1 is 1.27 bits per heavy atom. The minimum absolute atomic E-state index is 0.433. The molecular weight excluding hydrogens is 212 g/mol. The van der Waals surface area contributed by atoms with Crippen LogP contribution in [0.4, 0.5) is 5.82 Å². The van der Waals surface area contributed by atoms with Crippen molar-refractivity contribution in [2.45, 2.75) is 25.3 Å². The maximum atomic E-state index is 5.67. The van der Waals surface area contributed by atoms with Crippen molar-refractivity contribution in [3.8, 4) is 0 Å². The molecule has 0 bridgehead atoms. The van der Waals surface area contributed by atoms with Gasteiger partial charge in [-0.05, 0) is 44.5 Å². The van der Waals surface area contributed by atoms with Gasteiger partial charge in [-0.2, -0.15) is 0 Å². The van der Waals surface area contributed by atoms with Gasteiger partial charge in [0.05, 0.1) is 0 Å². The number of hydrogen-bond donors (Lipinski definition) is 2. The Balaban J connectivity index is 1.92. The van der Waals surface area contributed by atoms with Gasteiger partial charge >= 0.3 is 0 Å². The molecule has 0 spiro atoms. The second-order valence-electron chi connectivity index (χ2n) is 3.76. The quantitative estimate of drug-likeness (QED) is 0.806. The Hall–Kier alpha value is -0.870. The Labute approximate surface area is 94.4 Å². The smallest absolute Gasteiger partial charge is 0.151 e. The lowest BCUT2D eigenvalue weighted by molar-refractivity contribution is 0.633. The van der Waals surface area contributed by atoms with E-state index in [0.717, 1.165) is 25.3 Å². The zero-order chi connectivity index (χ0) is 10.5. The van der Waals surface area contributed by atoms with Crippen LogP contribution >= 0.6 is 11.6 Å². The van der Waals surface area contributed by atoms with E-state index in [-0.39, 0.29) is 0 Å². The maximum absolute atomic E-state index is 5.67. The minimum Gasteiger partial charge on any atom is -0.366 e. The van der Waals surface area contributed by atoms with E-state index in [0.29, 0.717) is 11.2 Å². The van der Waals surface area contributed by atoms with Crippen LogP contribution in [0.3, 0.4) is 0 Å². The van der Waals surface area contributed by atoms with Gasteiger partial charge in [0.15, 0.2) is 5.15 Å². The summed E-state index contributed by atoms with van der Waals surface area (Å²) in [6.07, 6.45) is 3.51. The lowest BCUT2D eigenvalue weighted by Gasteiger charge is -2.15. The normalized spacial score (nSPS) is 22.1. The van der Waals surface area contributed by atoms with Gasteiger partial charge in [0.2, 0.25) is 0 Å². The molecule has 0 amide bonds. The largest absolute Gasteiger partial charge is 0.366 e. The van der Waals surface area contributed by atoms with E-state index < -0.39 is 0 Å². The Kier molecular flexibility index (Phi) is 3.75. The number of hydrogen-bond acceptors (Lipinski definition) is 4. The summed E-state index contributed by atoms with van der Waals surface area (Å²) < 4.78 is 0. The predicted molar refractivity (Wildman–Crippen MR) is 61.2 cm³/mol. The molecule has 2 N–H and O–H groups in total. The zero-order valence-corrected chi connectivity index (χ0v) is 9.30. The first kappa shape index (κ1) is 10.6. The second kappa shape index (κ2) is 5.28. The highest BCUT2D eigenvalue weighted by Gasteiger charge is 2.11. The molecule has 1 aliphatic heterocycles. The summed E-state index contributed by atoms with van der Waals surface area (Å²) in [5.41, 5.74) is 0. The fourth-order valence-electron chi connectivity index (χ4n) is 1.77. The van der Waals surface area contributed by atoms with Crippen molar-refractivity contribution in [2.75, 3.05) is 18.4 Å². The van der Waals surface area contributed by atoms with Crippen LogP contribution in [0.25, 0.3) is 0 Å². The van der Waals surface area contributed by atoms with E-state index in [2.05, 4.69) is 20.8 Å².